The fraction of sp³-hybridized carbons (Fsp3) is 1.00. The summed E-state index contributed by atoms with van der Waals surface area (Å²) < 4.78 is 0. The van der Waals surface area contributed by atoms with Gasteiger partial charge in [-0.15, -0.1) is 0 Å². The Kier molecular flexibility index (Phi) is 7.04. The van der Waals surface area contributed by atoms with Gasteiger partial charge in [0.2, 0.25) is 0 Å². The predicted molar refractivity (Wildman–Crippen MR) is 43.5 cm³/mol. The fourth-order valence-electron chi connectivity index (χ4n) is 1.09. The van der Waals surface area contributed by atoms with Crippen LogP contribution in [0.4, 0.5) is 0 Å². The molecule has 0 aliphatic rings. The molecule has 0 aliphatic carbocycles. The minimum absolute atomic E-state index is 0.281. The summed E-state index contributed by atoms with van der Waals surface area (Å²) in [4.78, 5) is 0. The standard InChI is InChI=1S/C9H19O/c1-3-5-6-8-9(10)7-4-2/h9H,3-8H2,1-2H3. The van der Waals surface area contributed by atoms with Gasteiger partial charge in [0.1, 0.15) is 0 Å². The second kappa shape index (κ2) is 7.07. The summed E-state index contributed by atoms with van der Waals surface area (Å²) in [6, 6.07) is 0. The third kappa shape index (κ3) is 6.09. The van der Waals surface area contributed by atoms with E-state index >= 15 is 0 Å². The Labute approximate surface area is 64.5 Å². The van der Waals surface area contributed by atoms with Crippen molar-refractivity contribution in [1.82, 2.24) is 0 Å². The quantitative estimate of drug-likeness (QED) is 0.509. The van der Waals surface area contributed by atoms with Crippen LogP contribution in [-0.2, 0) is 5.11 Å². The highest BCUT2D eigenvalue weighted by Gasteiger charge is 2.02. The minimum Gasteiger partial charge on any atom is -0.233 e. The molecule has 0 heterocycles. The SMILES string of the molecule is CCCCCC([O])CCC. The first kappa shape index (κ1) is 9.96. The van der Waals surface area contributed by atoms with Gasteiger partial charge in [0.15, 0.2) is 0 Å². The normalized spacial score (nSPS) is 13.5. The van der Waals surface area contributed by atoms with Crippen LogP contribution in [-0.4, -0.2) is 6.10 Å². The van der Waals surface area contributed by atoms with E-state index in [0.717, 1.165) is 25.7 Å². The fourth-order valence-corrected chi connectivity index (χ4v) is 1.09. The highest BCUT2D eigenvalue weighted by molar-refractivity contribution is 4.53. The van der Waals surface area contributed by atoms with E-state index in [-0.39, 0.29) is 6.10 Å². The molecule has 0 rings (SSSR count). The average Bonchev–Trinajstić information content (AvgIpc) is 1.89. The van der Waals surface area contributed by atoms with Gasteiger partial charge in [0.25, 0.3) is 0 Å². The smallest absolute Gasteiger partial charge is 0.0930 e. The average molecular weight is 143 g/mol. The van der Waals surface area contributed by atoms with Gasteiger partial charge in [0, 0.05) is 0 Å². The molecule has 0 saturated heterocycles. The van der Waals surface area contributed by atoms with Crippen molar-refractivity contribution in [2.75, 3.05) is 0 Å². The lowest BCUT2D eigenvalue weighted by Gasteiger charge is -2.04. The molecule has 1 unspecified atom stereocenters. The molecule has 1 atom stereocenters. The van der Waals surface area contributed by atoms with Gasteiger partial charge in [-0.2, -0.15) is 0 Å². The van der Waals surface area contributed by atoms with E-state index in [1.165, 1.54) is 12.8 Å². The van der Waals surface area contributed by atoms with Crippen LogP contribution in [0.1, 0.15) is 52.4 Å². The van der Waals surface area contributed by atoms with E-state index in [2.05, 4.69) is 13.8 Å². The van der Waals surface area contributed by atoms with E-state index in [4.69, 9.17) is 0 Å². The monoisotopic (exact) mass is 143 g/mol. The second-order valence-electron chi connectivity index (χ2n) is 2.91. The summed E-state index contributed by atoms with van der Waals surface area (Å²) in [5, 5.41) is 11.0. The summed E-state index contributed by atoms with van der Waals surface area (Å²) >= 11 is 0. The zero-order valence-corrected chi connectivity index (χ0v) is 7.23. The van der Waals surface area contributed by atoms with E-state index in [9.17, 15) is 5.11 Å². The molecule has 0 fully saturated rings. The Balaban J connectivity index is 2.97. The molecule has 1 heteroatoms. The number of hydrogen-bond acceptors (Lipinski definition) is 0. The van der Waals surface area contributed by atoms with Crippen molar-refractivity contribution in [3.05, 3.63) is 0 Å². The number of hydrogen-bond donors (Lipinski definition) is 0. The topological polar surface area (TPSA) is 19.9 Å². The Bertz CT molecular complexity index is 61.7. The van der Waals surface area contributed by atoms with Crippen LogP contribution in [0.2, 0.25) is 0 Å². The van der Waals surface area contributed by atoms with Crippen molar-refractivity contribution in [3.8, 4) is 0 Å². The van der Waals surface area contributed by atoms with Crippen LogP contribution in [0.25, 0.3) is 0 Å². The van der Waals surface area contributed by atoms with Crippen molar-refractivity contribution < 1.29 is 5.11 Å². The summed E-state index contributed by atoms with van der Waals surface area (Å²) in [6.07, 6.45) is 6.09. The zero-order valence-electron chi connectivity index (χ0n) is 7.23. The van der Waals surface area contributed by atoms with Crippen LogP contribution in [0.3, 0.4) is 0 Å². The first-order valence-electron chi connectivity index (χ1n) is 4.47. The van der Waals surface area contributed by atoms with Crippen LogP contribution in [0, 0.1) is 0 Å². The molecule has 0 bridgehead atoms. The largest absolute Gasteiger partial charge is 0.233 e. The Morgan fingerprint density at radius 1 is 1.00 bits per heavy atom. The van der Waals surface area contributed by atoms with Crippen molar-refractivity contribution in [3.63, 3.8) is 0 Å². The van der Waals surface area contributed by atoms with Crippen LogP contribution in [0.5, 0.6) is 0 Å². The first-order chi connectivity index (χ1) is 4.81. The molecule has 0 aliphatic heterocycles. The van der Waals surface area contributed by atoms with Gasteiger partial charge < -0.3 is 0 Å². The second-order valence-corrected chi connectivity index (χ2v) is 2.91. The maximum absolute atomic E-state index is 11.0. The van der Waals surface area contributed by atoms with Gasteiger partial charge in [-0.25, -0.2) is 5.11 Å². The summed E-state index contributed by atoms with van der Waals surface area (Å²) in [5.41, 5.74) is 0. The summed E-state index contributed by atoms with van der Waals surface area (Å²) in [5.74, 6) is 0. The van der Waals surface area contributed by atoms with Crippen LogP contribution >= 0.6 is 0 Å². The molecule has 0 aromatic heterocycles. The first-order valence-corrected chi connectivity index (χ1v) is 4.47. The number of unbranched alkanes of at least 4 members (excludes halogenated alkanes) is 2. The van der Waals surface area contributed by atoms with Gasteiger partial charge in [0.05, 0.1) is 6.10 Å². The Morgan fingerprint density at radius 3 is 2.20 bits per heavy atom. The van der Waals surface area contributed by atoms with Crippen LogP contribution in [0.15, 0.2) is 0 Å². The maximum Gasteiger partial charge on any atom is 0.0930 e. The highest BCUT2D eigenvalue weighted by atomic mass is 16.3. The third-order valence-electron chi connectivity index (χ3n) is 1.74. The molecule has 61 valence electrons. The van der Waals surface area contributed by atoms with Gasteiger partial charge in [-0.1, -0.05) is 39.5 Å². The van der Waals surface area contributed by atoms with Gasteiger partial charge in [-0.3, -0.25) is 0 Å². The van der Waals surface area contributed by atoms with E-state index in [1.54, 1.807) is 0 Å². The maximum atomic E-state index is 11.0. The lowest BCUT2D eigenvalue weighted by Crippen LogP contribution is -2.02. The van der Waals surface area contributed by atoms with E-state index in [0.29, 0.717) is 0 Å². The summed E-state index contributed by atoms with van der Waals surface area (Å²) in [6.45, 7) is 4.24. The molecular weight excluding hydrogens is 124 g/mol. The molecule has 1 radical (unpaired) electrons. The zero-order chi connectivity index (χ0) is 7.82. The van der Waals surface area contributed by atoms with Crippen molar-refractivity contribution >= 4 is 0 Å². The van der Waals surface area contributed by atoms with Crippen LogP contribution < -0.4 is 0 Å². The predicted octanol–water partition coefficient (Wildman–Crippen LogP) is 3.17. The minimum atomic E-state index is -0.281. The Morgan fingerprint density at radius 2 is 1.70 bits per heavy atom. The van der Waals surface area contributed by atoms with Crippen molar-refractivity contribution in [2.24, 2.45) is 0 Å². The molecule has 0 spiro atoms. The molecule has 0 amide bonds. The number of rotatable bonds is 6. The molecule has 0 saturated carbocycles. The molecule has 10 heavy (non-hydrogen) atoms. The summed E-state index contributed by atoms with van der Waals surface area (Å²) in [7, 11) is 0. The highest BCUT2D eigenvalue weighted by Crippen LogP contribution is 2.07. The van der Waals surface area contributed by atoms with E-state index in [1.807, 2.05) is 0 Å². The molecule has 0 aromatic carbocycles. The Hall–Kier alpha value is -0.0400. The lowest BCUT2D eigenvalue weighted by atomic mass is 10.1. The molecule has 0 aromatic rings. The van der Waals surface area contributed by atoms with Gasteiger partial charge in [-0.05, 0) is 12.8 Å². The molecular formula is C9H19O. The molecule has 0 N–H and O–H groups in total. The van der Waals surface area contributed by atoms with Crippen molar-refractivity contribution in [1.29, 1.82) is 0 Å². The van der Waals surface area contributed by atoms with E-state index < -0.39 is 0 Å². The third-order valence-corrected chi connectivity index (χ3v) is 1.74. The lowest BCUT2D eigenvalue weighted by molar-refractivity contribution is 0.0708. The van der Waals surface area contributed by atoms with Gasteiger partial charge >= 0.3 is 0 Å². The molecule has 1 nitrogen and oxygen atoms in total. The van der Waals surface area contributed by atoms with Crippen molar-refractivity contribution in [2.45, 2.75) is 58.5 Å².